The molecule has 1 aromatic heterocycles. The van der Waals surface area contributed by atoms with Crippen molar-refractivity contribution in [2.45, 2.75) is 65.5 Å². The Morgan fingerprint density at radius 2 is 1.93 bits per heavy atom. The SMILES string of the molecule is CCC(C)C(CN)NC(=O)C(Cc1nc2ccc(C(C)C)cc2s1)NC(C)=O. The maximum atomic E-state index is 12.8. The van der Waals surface area contributed by atoms with Crippen molar-refractivity contribution < 1.29 is 9.59 Å². The quantitative estimate of drug-likeness (QED) is 0.598. The van der Waals surface area contributed by atoms with Crippen LogP contribution in [0.25, 0.3) is 10.2 Å². The zero-order valence-electron chi connectivity index (χ0n) is 17.4. The van der Waals surface area contributed by atoms with Crippen LogP contribution in [0.5, 0.6) is 0 Å². The third-order valence-corrected chi connectivity index (χ3v) is 6.15. The van der Waals surface area contributed by atoms with E-state index in [9.17, 15) is 9.59 Å². The van der Waals surface area contributed by atoms with Crippen LogP contribution in [-0.4, -0.2) is 35.4 Å². The van der Waals surface area contributed by atoms with E-state index in [2.05, 4.69) is 55.4 Å². The van der Waals surface area contributed by atoms with Crippen molar-refractivity contribution in [1.82, 2.24) is 15.6 Å². The first-order chi connectivity index (χ1) is 13.2. The van der Waals surface area contributed by atoms with Crippen LogP contribution in [-0.2, 0) is 16.0 Å². The van der Waals surface area contributed by atoms with Crippen molar-refractivity contribution >= 4 is 33.4 Å². The van der Waals surface area contributed by atoms with Gasteiger partial charge in [0.25, 0.3) is 0 Å². The van der Waals surface area contributed by atoms with E-state index in [1.165, 1.54) is 12.5 Å². The molecule has 0 saturated carbocycles. The van der Waals surface area contributed by atoms with Gasteiger partial charge in [0, 0.05) is 25.9 Å². The number of fused-ring (bicyclic) bond motifs is 1. The molecule has 154 valence electrons. The topological polar surface area (TPSA) is 97.1 Å². The average molecular weight is 405 g/mol. The van der Waals surface area contributed by atoms with Crippen LogP contribution in [0.1, 0.15) is 57.5 Å². The highest BCUT2D eigenvalue weighted by Gasteiger charge is 2.25. The van der Waals surface area contributed by atoms with Crippen molar-refractivity contribution in [3.8, 4) is 0 Å². The molecule has 1 heterocycles. The normalized spacial score (nSPS) is 14.7. The lowest BCUT2D eigenvalue weighted by Crippen LogP contribution is -2.53. The molecule has 3 atom stereocenters. The van der Waals surface area contributed by atoms with Gasteiger partial charge in [-0.25, -0.2) is 4.98 Å². The van der Waals surface area contributed by atoms with E-state index in [4.69, 9.17) is 5.73 Å². The van der Waals surface area contributed by atoms with Crippen LogP contribution in [0.3, 0.4) is 0 Å². The summed E-state index contributed by atoms with van der Waals surface area (Å²) in [5.74, 6) is 0.259. The fourth-order valence-electron chi connectivity index (χ4n) is 3.07. The molecule has 0 fully saturated rings. The Labute approximate surface area is 171 Å². The standard InChI is InChI=1S/C21H32N4O2S/c1-6-13(4)18(11-22)25-21(27)17(23-14(5)26)10-20-24-16-8-7-15(12(2)3)9-19(16)28-20/h7-9,12-13,17-18H,6,10-11,22H2,1-5H3,(H,23,26)(H,25,27). The molecule has 28 heavy (non-hydrogen) atoms. The van der Waals surface area contributed by atoms with E-state index in [-0.39, 0.29) is 23.8 Å². The molecule has 3 unspecified atom stereocenters. The summed E-state index contributed by atoms with van der Waals surface area (Å²) in [5.41, 5.74) is 8.01. The number of aromatic nitrogens is 1. The van der Waals surface area contributed by atoms with Crippen LogP contribution in [0.2, 0.25) is 0 Å². The molecule has 4 N–H and O–H groups in total. The van der Waals surface area contributed by atoms with Crippen molar-refractivity contribution in [3.63, 3.8) is 0 Å². The van der Waals surface area contributed by atoms with Gasteiger partial charge in [-0.05, 0) is 29.5 Å². The molecule has 0 bridgehead atoms. The summed E-state index contributed by atoms with van der Waals surface area (Å²) in [4.78, 5) is 29.1. The lowest BCUT2D eigenvalue weighted by molar-refractivity contribution is -0.128. The summed E-state index contributed by atoms with van der Waals surface area (Å²) < 4.78 is 1.10. The lowest BCUT2D eigenvalue weighted by atomic mass is 9.98. The second kappa shape index (κ2) is 9.98. The monoisotopic (exact) mass is 404 g/mol. The molecule has 7 heteroatoms. The van der Waals surface area contributed by atoms with Crippen LogP contribution in [0, 0.1) is 5.92 Å². The Kier molecular flexibility index (Phi) is 7.95. The highest BCUT2D eigenvalue weighted by atomic mass is 32.1. The van der Waals surface area contributed by atoms with E-state index >= 15 is 0 Å². The van der Waals surface area contributed by atoms with Gasteiger partial charge >= 0.3 is 0 Å². The molecule has 0 aliphatic rings. The van der Waals surface area contributed by atoms with Crippen LogP contribution >= 0.6 is 11.3 Å². The van der Waals surface area contributed by atoms with E-state index in [0.717, 1.165) is 21.6 Å². The number of carbonyl (C=O) groups is 2. The molecule has 2 aromatic rings. The number of benzene rings is 1. The van der Waals surface area contributed by atoms with Gasteiger partial charge in [-0.3, -0.25) is 9.59 Å². The maximum Gasteiger partial charge on any atom is 0.243 e. The number of rotatable bonds is 9. The summed E-state index contributed by atoms with van der Waals surface area (Å²) in [6, 6.07) is 5.48. The predicted octanol–water partition coefficient (Wildman–Crippen LogP) is 2.96. The van der Waals surface area contributed by atoms with Crippen LogP contribution < -0.4 is 16.4 Å². The van der Waals surface area contributed by atoms with Gasteiger partial charge in [0.1, 0.15) is 6.04 Å². The van der Waals surface area contributed by atoms with Crippen molar-refractivity contribution in [1.29, 1.82) is 0 Å². The minimum Gasteiger partial charge on any atom is -0.350 e. The molecule has 2 amide bonds. The van der Waals surface area contributed by atoms with Crippen LogP contribution in [0.4, 0.5) is 0 Å². The summed E-state index contributed by atoms with van der Waals surface area (Å²) in [5, 5.41) is 6.59. The molecule has 0 aliphatic carbocycles. The number of hydrogen-bond acceptors (Lipinski definition) is 5. The molecular weight excluding hydrogens is 372 g/mol. The molecule has 0 saturated heterocycles. The first-order valence-electron chi connectivity index (χ1n) is 9.92. The molecule has 0 radical (unpaired) electrons. The summed E-state index contributed by atoms with van der Waals surface area (Å²) in [6.45, 7) is 10.2. The van der Waals surface area contributed by atoms with E-state index in [1.807, 2.05) is 6.07 Å². The molecule has 1 aromatic carbocycles. The molecular formula is C21H32N4O2S. The molecule has 0 spiro atoms. The minimum atomic E-state index is -0.666. The Bertz CT molecular complexity index is 818. The Balaban J connectivity index is 2.20. The molecule has 0 aliphatic heterocycles. The second-order valence-electron chi connectivity index (χ2n) is 7.68. The third kappa shape index (κ3) is 5.75. The predicted molar refractivity (Wildman–Crippen MR) is 115 cm³/mol. The number of carbonyl (C=O) groups excluding carboxylic acids is 2. The number of amides is 2. The summed E-state index contributed by atoms with van der Waals surface area (Å²) in [7, 11) is 0. The lowest BCUT2D eigenvalue weighted by Gasteiger charge is -2.25. The van der Waals surface area contributed by atoms with Gasteiger partial charge in [-0.15, -0.1) is 11.3 Å². The maximum absolute atomic E-state index is 12.8. The first-order valence-corrected chi connectivity index (χ1v) is 10.7. The Morgan fingerprint density at radius 1 is 1.21 bits per heavy atom. The van der Waals surface area contributed by atoms with Gasteiger partial charge in [-0.2, -0.15) is 0 Å². The fraction of sp³-hybridized carbons (Fsp3) is 0.571. The molecule has 2 rings (SSSR count). The van der Waals surface area contributed by atoms with Gasteiger partial charge in [0.2, 0.25) is 11.8 Å². The second-order valence-corrected chi connectivity index (χ2v) is 8.80. The number of thiazole rings is 1. The van der Waals surface area contributed by atoms with E-state index in [0.29, 0.717) is 18.9 Å². The highest BCUT2D eigenvalue weighted by Crippen LogP contribution is 2.27. The van der Waals surface area contributed by atoms with Gasteiger partial charge in [0.05, 0.1) is 15.2 Å². The third-order valence-electron chi connectivity index (χ3n) is 5.11. The summed E-state index contributed by atoms with van der Waals surface area (Å²) >= 11 is 1.57. The van der Waals surface area contributed by atoms with E-state index < -0.39 is 6.04 Å². The largest absolute Gasteiger partial charge is 0.350 e. The Morgan fingerprint density at radius 3 is 2.50 bits per heavy atom. The number of nitrogens with zero attached hydrogens (tertiary/aromatic N) is 1. The highest BCUT2D eigenvalue weighted by molar-refractivity contribution is 7.18. The van der Waals surface area contributed by atoms with Crippen molar-refractivity contribution in [2.75, 3.05) is 6.54 Å². The summed E-state index contributed by atoms with van der Waals surface area (Å²) in [6.07, 6.45) is 1.28. The first kappa shape index (κ1) is 22.3. The average Bonchev–Trinajstić information content (AvgIpc) is 3.05. The smallest absolute Gasteiger partial charge is 0.243 e. The zero-order valence-corrected chi connectivity index (χ0v) is 18.2. The van der Waals surface area contributed by atoms with Crippen molar-refractivity contribution in [2.24, 2.45) is 11.7 Å². The number of hydrogen-bond donors (Lipinski definition) is 3. The molecule has 6 nitrogen and oxygen atoms in total. The minimum absolute atomic E-state index is 0.113. The van der Waals surface area contributed by atoms with Crippen molar-refractivity contribution in [3.05, 3.63) is 28.8 Å². The van der Waals surface area contributed by atoms with Gasteiger partial charge < -0.3 is 16.4 Å². The Hall–Kier alpha value is -1.99. The van der Waals surface area contributed by atoms with Gasteiger partial charge in [0.15, 0.2) is 0 Å². The number of nitrogens with two attached hydrogens (primary N) is 1. The number of nitrogens with one attached hydrogen (secondary N) is 2. The van der Waals surface area contributed by atoms with E-state index in [1.54, 1.807) is 11.3 Å². The zero-order chi connectivity index (χ0) is 20.8. The van der Waals surface area contributed by atoms with Crippen LogP contribution in [0.15, 0.2) is 18.2 Å². The van der Waals surface area contributed by atoms with Gasteiger partial charge in [-0.1, -0.05) is 40.2 Å². The fourth-order valence-corrected chi connectivity index (χ4v) is 4.13.